The van der Waals surface area contributed by atoms with Crippen molar-refractivity contribution in [3.8, 4) is 0 Å². The summed E-state index contributed by atoms with van der Waals surface area (Å²) in [6.45, 7) is 7.28. The highest BCUT2D eigenvalue weighted by molar-refractivity contribution is 5.86. The summed E-state index contributed by atoms with van der Waals surface area (Å²) in [5.74, 6) is 0.382. The molecule has 0 bridgehead atoms. The van der Waals surface area contributed by atoms with Crippen molar-refractivity contribution in [3.63, 3.8) is 0 Å². The van der Waals surface area contributed by atoms with Crippen LogP contribution in [0.25, 0.3) is 0 Å². The Kier molecular flexibility index (Phi) is 4.74. The second-order valence-electron chi connectivity index (χ2n) is 4.70. The SMILES string of the molecule is CC(C)C(C)C(=O)N1CCOC(C(N)=NO)C1. The maximum absolute atomic E-state index is 12.1. The van der Waals surface area contributed by atoms with Crippen molar-refractivity contribution >= 4 is 11.7 Å². The van der Waals surface area contributed by atoms with Crippen LogP contribution in [0.2, 0.25) is 0 Å². The van der Waals surface area contributed by atoms with Crippen LogP contribution in [0.3, 0.4) is 0 Å². The molecule has 2 unspecified atom stereocenters. The first-order valence-corrected chi connectivity index (χ1v) is 5.85. The first kappa shape index (κ1) is 13.8. The Morgan fingerprint density at radius 1 is 1.53 bits per heavy atom. The highest BCUT2D eigenvalue weighted by Gasteiger charge is 2.30. The van der Waals surface area contributed by atoms with Gasteiger partial charge in [-0.25, -0.2) is 0 Å². The van der Waals surface area contributed by atoms with Crippen LogP contribution in [0.15, 0.2) is 5.16 Å². The second-order valence-corrected chi connectivity index (χ2v) is 4.70. The van der Waals surface area contributed by atoms with E-state index in [1.807, 2.05) is 20.8 Å². The van der Waals surface area contributed by atoms with Crippen molar-refractivity contribution in [2.45, 2.75) is 26.9 Å². The number of hydrogen-bond acceptors (Lipinski definition) is 4. The molecule has 1 rings (SSSR count). The number of morpholine rings is 1. The van der Waals surface area contributed by atoms with Gasteiger partial charge in [0.1, 0.15) is 6.10 Å². The average Bonchev–Trinajstić information content (AvgIpc) is 2.36. The number of amides is 1. The number of amidine groups is 1. The van der Waals surface area contributed by atoms with E-state index in [4.69, 9.17) is 15.7 Å². The molecule has 1 fully saturated rings. The van der Waals surface area contributed by atoms with Crippen molar-refractivity contribution < 1.29 is 14.7 Å². The van der Waals surface area contributed by atoms with Crippen molar-refractivity contribution in [2.24, 2.45) is 22.7 Å². The highest BCUT2D eigenvalue weighted by atomic mass is 16.5. The number of oxime groups is 1. The molecule has 17 heavy (non-hydrogen) atoms. The van der Waals surface area contributed by atoms with Crippen molar-refractivity contribution in [3.05, 3.63) is 0 Å². The number of carbonyl (C=O) groups is 1. The van der Waals surface area contributed by atoms with E-state index in [1.165, 1.54) is 0 Å². The molecular weight excluding hydrogens is 222 g/mol. The fraction of sp³-hybridized carbons (Fsp3) is 0.818. The second kappa shape index (κ2) is 5.86. The lowest BCUT2D eigenvalue weighted by molar-refractivity contribution is -0.141. The molecule has 1 amide bonds. The normalized spacial score (nSPS) is 23.9. The lowest BCUT2D eigenvalue weighted by atomic mass is 9.96. The molecular formula is C11H21N3O3. The summed E-state index contributed by atoms with van der Waals surface area (Å²) >= 11 is 0. The van der Waals surface area contributed by atoms with E-state index in [0.717, 1.165) is 0 Å². The van der Waals surface area contributed by atoms with Crippen LogP contribution in [0, 0.1) is 11.8 Å². The zero-order valence-corrected chi connectivity index (χ0v) is 10.6. The Hall–Kier alpha value is -1.30. The number of carbonyl (C=O) groups excluding carboxylic acids is 1. The minimum atomic E-state index is -0.503. The summed E-state index contributed by atoms with van der Waals surface area (Å²) in [5.41, 5.74) is 5.48. The zero-order chi connectivity index (χ0) is 13.0. The van der Waals surface area contributed by atoms with E-state index < -0.39 is 6.10 Å². The maximum Gasteiger partial charge on any atom is 0.225 e. The molecule has 3 N–H and O–H groups in total. The number of hydrogen-bond donors (Lipinski definition) is 2. The molecule has 6 heteroatoms. The van der Waals surface area contributed by atoms with Gasteiger partial charge in [0.2, 0.25) is 5.91 Å². The van der Waals surface area contributed by atoms with E-state index in [0.29, 0.717) is 25.6 Å². The molecule has 0 aromatic heterocycles. The van der Waals surface area contributed by atoms with E-state index in [2.05, 4.69) is 5.16 Å². The maximum atomic E-state index is 12.1. The summed E-state index contributed by atoms with van der Waals surface area (Å²) in [6.07, 6.45) is -0.503. The van der Waals surface area contributed by atoms with Gasteiger partial charge in [0.15, 0.2) is 5.84 Å². The van der Waals surface area contributed by atoms with Crippen LogP contribution in [0.1, 0.15) is 20.8 Å². The topological polar surface area (TPSA) is 88.2 Å². The highest BCUT2D eigenvalue weighted by Crippen LogP contribution is 2.16. The molecule has 0 aromatic carbocycles. The van der Waals surface area contributed by atoms with Gasteiger partial charge in [0.25, 0.3) is 0 Å². The largest absolute Gasteiger partial charge is 0.409 e. The Labute approximate surface area is 101 Å². The van der Waals surface area contributed by atoms with Gasteiger partial charge in [-0.1, -0.05) is 25.9 Å². The Balaban J connectivity index is 2.64. The summed E-state index contributed by atoms with van der Waals surface area (Å²) < 4.78 is 5.34. The van der Waals surface area contributed by atoms with Crippen molar-refractivity contribution in [2.75, 3.05) is 19.7 Å². The van der Waals surface area contributed by atoms with Gasteiger partial charge >= 0.3 is 0 Å². The predicted molar refractivity (Wildman–Crippen MR) is 63.7 cm³/mol. The Morgan fingerprint density at radius 2 is 2.18 bits per heavy atom. The third-order valence-electron chi connectivity index (χ3n) is 3.21. The third kappa shape index (κ3) is 3.33. The van der Waals surface area contributed by atoms with Crippen molar-refractivity contribution in [1.82, 2.24) is 4.90 Å². The summed E-state index contributed by atoms with van der Waals surface area (Å²) in [4.78, 5) is 13.8. The molecule has 0 aliphatic carbocycles. The molecule has 1 aliphatic rings. The summed E-state index contributed by atoms with van der Waals surface area (Å²) in [5, 5.41) is 11.5. The van der Waals surface area contributed by atoms with Crippen LogP contribution in [0.4, 0.5) is 0 Å². The molecule has 0 saturated carbocycles. The number of nitrogens with two attached hydrogens (primary N) is 1. The van der Waals surface area contributed by atoms with Crippen LogP contribution < -0.4 is 5.73 Å². The molecule has 1 aliphatic heterocycles. The van der Waals surface area contributed by atoms with E-state index >= 15 is 0 Å². The van der Waals surface area contributed by atoms with Crippen molar-refractivity contribution in [1.29, 1.82) is 0 Å². The quantitative estimate of drug-likeness (QED) is 0.322. The van der Waals surface area contributed by atoms with Gasteiger partial charge in [0, 0.05) is 12.5 Å². The predicted octanol–water partition coefficient (Wildman–Crippen LogP) is 0.252. The number of ether oxygens (including phenoxy) is 1. The molecule has 0 spiro atoms. The van der Waals surface area contributed by atoms with Gasteiger partial charge < -0.3 is 20.6 Å². The third-order valence-corrected chi connectivity index (χ3v) is 3.21. The molecule has 2 atom stereocenters. The van der Waals surface area contributed by atoms with E-state index in [1.54, 1.807) is 4.90 Å². The van der Waals surface area contributed by atoms with E-state index in [-0.39, 0.29) is 17.7 Å². The molecule has 6 nitrogen and oxygen atoms in total. The fourth-order valence-corrected chi connectivity index (χ4v) is 1.67. The summed E-state index contributed by atoms with van der Waals surface area (Å²) in [7, 11) is 0. The molecule has 1 heterocycles. The standard InChI is InChI=1S/C11H21N3O3/c1-7(2)8(3)11(15)14-4-5-17-9(6-14)10(12)13-16/h7-9,16H,4-6H2,1-3H3,(H2,12,13). The minimum absolute atomic E-state index is 0.0136. The zero-order valence-electron chi connectivity index (χ0n) is 10.6. The van der Waals surface area contributed by atoms with Crippen LogP contribution >= 0.6 is 0 Å². The first-order valence-electron chi connectivity index (χ1n) is 5.85. The van der Waals surface area contributed by atoms with Crippen LogP contribution in [0.5, 0.6) is 0 Å². The lowest BCUT2D eigenvalue weighted by Gasteiger charge is -2.34. The number of nitrogens with zero attached hydrogens (tertiary/aromatic N) is 2. The van der Waals surface area contributed by atoms with E-state index in [9.17, 15) is 4.79 Å². The first-order chi connectivity index (χ1) is 7.97. The molecule has 0 aromatic rings. The minimum Gasteiger partial charge on any atom is -0.409 e. The van der Waals surface area contributed by atoms with Gasteiger partial charge in [-0.2, -0.15) is 0 Å². The van der Waals surface area contributed by atoms with Gasteiger partial charge in [0.05, 0.1) is 13.2 Å². The summed E-state index contributed by atoms with van der Waals surface area (Å²) in [6, 6.07) is 0. The molecule has 98 valence electrons. The fourth-order valence-electron chi connectivity index (χ4n) is 1.67. The monoisotopic (exact) mass is 243 g/mol. The van der Waals surface area contributed by atoms with Gasteiger partial charge in [-0.05, 0) is 5.92 Å². The lowest BCUT2D eigenvalue weighted by Crippen LogP contribution is -2.52. The van der Waals surface area contributed by atoms with Gasteiger partial charge in [-0.3, -0.25) is 4.79 Å². The smallest absolute Gasteiger partial charge is 0.225 e. The molecule has 1 saturated heterocycles. The average molecular weight is 243 g/mol. The van der Waals surface area contributed by atoms with Gasteiger partial charge in [-0.15, -0.1) is 0 Å². The number of rotatable bonds is 3. The molecule has 0 radical (unpaired) electrons. The Bertz CT molecular complexity index is 304. The Morgan fingerprint density at radius 3 is 2.71 bits per heavy atom. The van der Waals surface area contributed by atoms with Crippen LogP contribution in [-0.2, 0) is 9.53 Å². The van der Waals surface area contributed by atoms with Crippen LogP contribution in [-0.4, -0.2) is 47.7 Å².